The number of nitrogens with zero attached hydrogens (tertiary/aromatic N) is 2. The van der Waals surface area contributed by atoms with E-state index < -0.39 is 17.7 Å². The maximum atomic E-state index is 13.5. The molecule has 0 aliphatic carbocycles. The van der Waals surface area contributed by atoms with Gasteiger partial charge >= 0.3 is 0 Å². The number of Topliss-reactive ketones (excluding diaryl/α,β-unsaturated/α-hetero) is 1. The summed E-state index contributed by atoms with van der Waals surface area (Å²) in [5.41, 5.74) is 2.77. The van der Waals surface area contributed by atoms with Crippen LogP contribution < -0.4 is 19.3 Å². The molecule has 0 radical (unpaired) electrons. The van der Waals surface area contributed by atoms with Crippen LogP contribution in [0.5, 0.6) is 11.5 Å². The number of anilines is 2. The maximum absolute atomic E-state index is 13.5. The van der Waals surface area contributed by atoms with Gasteiger partial charge in [0.1, 0.15) is 17.3 Å². The Kier molecular flexibility index (Phi) is 9.48. The van der Waals surface area contributed by atoms with Gasteiger partial charge in [-0.15, -0.1) is 0 Å². The van der Waals surface area contributed by atoms with Crippen molar-refractivity contribution in [2.75, 3.05) is 36.6 Å². The number of aliphatic hydroxyl groups excluding tert-OH is 1. The average Bonchev–Trinajstić information content (AvgIpc) is 3.26. The molecule has 0 saturated carbocycles. The standard InChI is InChI=1S/C33H38N2O5/c1-5-8-9-22-40-28-20-12-24(13-21-28)31(36)29-30(23-10-18-27(39-4)19-11-23)35(33(38)32(29)37)26-16-14-25(15-17-26)34(6-2)7-3/h10-21,30,36H,5-9,22H2,1-4H3/b31-29+. The van der Waals surface area contributed by atoms with E-state index in [0.29, 0.717) is 34.9 Å². The smallest absolute Gasteiger partial charge is 0.300 e. The molecule has 4 rings (SSSR count). The van der Waals surface area contributed by atoms with Crippen LogP contribution in [0, 0.1) is 0 Å². The molecule has 1 N–H and O–H groups in total. The van der Waals surface area contributed by atoms with Crippen LogP contribution >= 0.6 is 0 Å². The van der Waals surface area contributed by atoms with E-state index in [1.165, 1.54) is 4.90 Å². The summed E-state index contributed by atoms with van der Waals surface area (Å²) >= 11 is 0. The molecule has 0 aromatic heterocycles. The van der Waals surface area contributed by atoms with E-state index in [0.717, 1.165) is 38.0 Å². The number of rotatable bonds is 12. The second-order valence-corrected chi connectivity index (χ2v) is 9.71. The van der Waals surface area contributed by atoms with E-state index in [1.807, 2.05) is 36.4 Å². The van der Waals surface area contributed by atoms with Crippen molar-refractivity contribution >= 4 is 28.8 Å². The van der Waals surface area contributed by atoms with Gasteiger partial charge in [0.2, 0.25) is 0 Å². The first-order valence-electron chi connectivity index (χ1n) is 14.0. The SMILES string of the molecule is CCCCCOc1ccc(/C(O)=C2\C(=O)C(=O)N(c3ccc(N(CC)CC)cc3)C2c2ccc(OC)cc2)cc1. The van der Waals surface area contributed by atoms with Crippen LogP contribution in [0.25, 0.3) is 5.76 Å². The van der Waals surface area contributed by atoms with Crippen molar-refractivity contribution in [3.05, 3.63) is 89.5 Å². The Bertz CT molecular complexity index is 1330. The van der Waals surface area contributed by atoms with Gasteiger partial charge in [0.05, 0.1) is 25.3 Å². The minimum atomic E-state index is -0.810. The van der Waals surface area contributed by atoms with Crippen LogP contribution in [-0.2, 0) is 9.59 Å². The highest BCUT2D eigenvalue weighted by atomic mass is 16.5. The molecule has 0 bridgehead atoms. The van der Waals surface area contributed by atoms with Crippen molar-refractivity contribution in [3.8, 4) is 11.5 Å². The lowest BCUT2D eigenvalue weighted by Crippen LogP contribution is -2.29. The molecule has 3 aromatic rings. The molecule has 7 heteroatoms. The molecule has 1 saturated heterocycles. The van der Waals surface area contributed by atoms with Gasteiger partial charge in [0.25, 0.3) is 11.7 Å². The van der Waals surface area contributed by atoms with E-state index in [-0.39, 0.29) is 11.3 Å². The number of amides is 1. The topological polar surface area (TPSA) is 79.3 Å². The molecule has 1 aliphatic rings. The third kappa shape index (κ3) is 5.98. The number of carbonyl (C=O) groups excluding carboxylic acids is 2. The quantitative estimate of drug-likeness (QED) is 0.118. The number of methoxy groups -OCH3 is 1. The summed E-state index contributed by atoms with van der Waals surface area (Å²) in [5, 5.41) is 11.4. The fourth-order valence-electron chi connectivity index (χ4n) is 5.02. The van der Waals surface area contributed by atoms with Crippen LogP contribution in [0.2, 0.25) is 0 Å². The summed E-state index contributed by atoms with van der Waals surface area (Å²) in [6.07, 6.45) is 3.19. The molecule has 1 unspecified atom stereocenters. The van der Waals surface area contributed by atoms with E-state index in [2.05, 4.69) is 25.7 Å². The molecule has 40 heavy (non-hydrogen) atoms. The molecule has 210 valence electrons. The van der Waals surface area contributed by atoms with Gasteiger partial charge in [-0.3, -0.25) is 14.5 Å². The first kappa shape index (κ1) is 28.7. The van der Waals surface area contributed by atoms with Crippen molar-refractivity contribution in [2.45, 2.75) is 46.1 Å². The summed E-state index contributed by atoms with van der Waals surface area (Å²) in [4.78, 5) is 30.6. The number of carbonyl (C=O) groups is 2. The molecule has 1 heterocycles. The zero-order valence-corrected chi connectivity index (χ0v) is 23.7. The van der Waals surface area contributed by atoms with Crippen LogP contribution in [0.3, 0.4) is 0 Å². The Morgan fingerprint density at radius 3 is 2.05 bits per heavy atom. The lowest BCUT2D eigenvalue weighted by molar-refractivity contribution is -0.132. The first-order valence-corrected chi connectivity index (χ1v) is 14.0. The van der Waals surface area contributed by atoms with Crippen molar-refractivity contribution in [2.24, 2.45) is 0 Å². The van der Waals surface area contributed by atoms with Gasteiger partial charge < -0.3 is 19.5 Å². The fourth-order valence-corrected chi connectivity index (χ4v) is 5.02. The highest BCUT2D eigenvalue weighted by Crippen LogP contribution is 2.43. The highest BCUT2D eigenvalue weighted by Gasteiger charge is 2.47. The van der Waals surface area contributed by atoms with E-state index in [9.17, 15) is 14.7 Å². The molecular weight excluding hydrogens is 504 g/mol. The fraction of sp³-hybridized carbons (Fsp3) is 0.333. The lowest BCUT2D eigenvalue weighted by atomic mass is 9.95. The van der Waals surface area contributed by atoms with Crippen molar-refractivity contribution in [3.63, 3.8) is 0 Å². The third-order valence-electron chi connectivity index (χ3n) is 7.28. The maximum Gasteiger partial charge on any atom is 0.300 e. The number of hydrogen-bond acceptors (Lipinski definition) is 6. The van der Waals surface area contributed by atoms with Gasteiger partial charge in [-0.05, 0) is 86.5 Å². The largest absolute Gasteiger partial charge is 0.507 e. The van der Waals surface area contributed by atoms with Crippen molar-refractivity contribution in [1.82, 2.24) is 0 Å². The summed E-state index contributed by atoms with van der Waals surface area (Å²) in [6, 6.07) is 20.9. The van der Waals surface area contributed by atoms with Crippen LogP contribution in [-0.4, -0.2) is 43.6 Å². The molecule has 1 amide bonds. The minimum absolute atomic E-state index is 0.0413. The Hall–Kier alpha value is -4.26. The number of benzene rings is 3. The average molecular weight is 543 g/mol. The number of aliphatic hydroxyl groups is 1. The number of unbranched alkanes of at least 4 members (excludes halogenated alkanes) is 2. The third-order valence-corrected chi connectivity index (χ3v) is 7.28. The summed E-state index contributed by atoms with van der Waals surface area (Å²) in [5.74, 6) is -0.300. The second kappa shape index (κ2) is 13.2. The van der Waals surface area contributed by atoms with E-state index in [4.69, 9.17) is 9.47 Å². The second-order valence-electron chi connectivity index (χ2n) is 9.71. The molecule has 1 fully saturated rings. The van der Waals surface area contributed by atoms with E-state index in [1.54, 1.807) is 43.5 Å². The van der Waals surface area contributed by atoms with Crippen molar-refractivity contribution < 1.29 is 24.2 Å². The normalized spacial score (nSPS) is 16.3. The number of ether oxygens (including phenoxy) is 2. The number of ketones is 1. The Morgan fingerprint density at radius 1 is 0.850 bits per heavy atom. The summed E-state index contributed by atoms with van der Waals surface area (Å²) in [7, 11) is 1.58. The Morgan fingerprint density at radius 2 is 1.48 bits per heavy atom. The zero-order valence-electron chi connectivity index (χ0n) is 23.7. The summed E-state index contributed by atoms with van der Waals surface area (Å²) < 4.78 is 11.1. The van der Waals surface area contributed by atoms with Gasteiger partial charge in [-0.1, -0.05) is 31.9 Å². The van der Waals surface area contributed by atoms with Crippen LogP contribution in [0.4, 0.5) is 11.4 Å². The minimum Gasteiger partial charge on any atom is -0.507 e. The van der Waals surface area contributed by atoms with Crippen molar-refractivity contribution in [1.29, 1.82) is 0 Å². The predicted molar refractivity (Wildman–Crippen MR) is 159 cm³/mol. The van der Waals surface area contributed by atoms with Gasteiger partial charge in [0, 0.05) is 30.0 Å². The highest BCUT2D eigenvalue weighted by molar-refractivity contribution is 6.51. The zero-order chi connectivity index (χ0) is 28.6. The first-order chi connectivity index (χ1) is 19.4. The van der Waals surface area contributed by atoms with E-state index >= 15 is 0 Å². The molecule has 1 atom stereocenters. The Labute approximate surface area is 236 Å². The Balaban J connectivity index is 1.74. The van der Waals surface area contributed by atoms with Gasteiger partial charge in [-0.2, -0.15) is 0 Å². The molecule has 1 aliphatic heterocycles. The van der Waals surface area contributed by atoms with Crippen LogP contribution in [0.15, 0.2) is 78.4 Å². The van der Waals surface area contributed by atoms with Gasteiger partial charge in [0.15, 0.2) is 0 Å². The molecule has 0 spiro atoms. The molecule has 3 aromatic carbocycles. The van der Waals surface area contributed by atoms with Crippen LogP contribution in [0.1, 0.15) is 57.2 Å². The van der Waals surface area contributed by atoms with Gasteiger partial charge in [-0.25, -0.2) is 0 Å². The summed E-state index contributed by atoms with van der Waals surface area (Å²) in [6.45, 7) is 8.65. The predicted octanol–water partition coefficient (Wildman–Crippen LogP) is 6.74. The molecule has 7 nitrogen and oxygen atoms in total. The monoisotopic (exact) mass is 542 g/mol. The number of hydrogen-bond donors (Lipinski definition) is 1. The lowest BCUT2D eigenvalue weighted by Gasteiger charge is -2.27. The molecular formula is C33H38N2O5.